The van der Waals surface area contributed by atoms with E-state index in [2.05, 4.69) is 10.3 Å². The topological polar surface area (TPSA) is 59.1 Å². The van der Waals surface area contributed by atoms with Crippen molar-refractivity contribution in [2.45, 2.75) is 19.3 Å². The summed E-state index contributed by atoms with van der Waals surface area (Å²) in [5, 5.41) is 11.1. The Bertz CT molecular complexity index is 534. The van der Waals surface area contributed by atoms with Crippen molar-refractivity contribution in [1.82, 2.24) is 10.3 Å². The number of hydrogen-bond donors (Lipinski definition) is 2. The highest BCUT2D eigenvalue weighted by Crippen LogP contribution is 2.33. The van der Waals surface area contributed by atoms with Crippen LogP contribution in [0.1, 0.15) is 19.3 Å². The number of likely N-dealkylation sites (tertiary alicyclic amines) is 1. The number of halogens is 1. The molecule has 0 bridgehead atoms. The second-order valence-electron chi connectivity index (χ2n) is 5.42. The molecular formula is C14H19ClN4O2. The molecule has 7 heteroatoms. The quantitative estimate of drug-likeness (QED) is 0.900. The number of piperidine rings is 1. The van der Waals surface area contributed by atoms with E-state index in [4.69, 9.17) is 11.6 Å². The van der Waals surface area contributed by atoms with Crippen molar-refractivity contribution >= 4 is 29.0 Å². The third-order valence-electron chi connectivity index (χ3n) is 3.99. The minimum absolute atomic E-state index is 0.343. The molecule has 0 radical (unpaired) electrons. The van der Waals surface area contributed by atoms with Crippen LogP contribution in [0, 0.1) is 0 Å². The Labute approximate surface area is 128 Å². The van der Waals surface area contributed by atoms with Gasteiger partial charge in [0.2, 0.25) is 0 Å². The molecular weight excluding hydrogens is 292 g/mol. The van der Waals surface area contributed by atoms with Crippen LogP contribution in [-0.4, -0.2) is 42.3 Å². The average Bonchev–Trinajstić information content (AvgIpc) is 2.47. The van der Waals surface area contributed by atoms with Crippen LogP contribution < -0.4 is 15.5 Å². The van der Waals surface area contributed by atoms with Crippen molar-refractivity contribution in [2.24, 2.45) is 0 Å². The number of urea groups is 1. The summed E-state index contributed by atoms with van der Waals surface area (Å²) in [4.78, 5) is 16.1. The van der Waals surface area contributed by atoms with E-state index in [1.54, 1.807) is 23.1 Å². The number of amides is 2. The molecule has 0 spiro atoms. The van der Waals surface area contributed by atoms with E-state index in [1.165, 1.54) is 19.3 Å². The number of carbonyl (C=O) groups excluding carboxylic acids is 1. The summed E-state index contributed by atoms with van der Waals surface area (Å²) >= 11 is 6.02. The Morgan fingerprint density at radius 3 is 2.67 bits per heavy atom. The lowest BCUT2D eigenvalue weighted by Gasteiger charge is -2.36. The molecule has 114 valence electrons. The predicted molar refractivity (Wildman–Crippen MR) is 81.9 cm³/mol. The molecule has 0 atom stereocenters. The van der Waals surface area contributed by atoms with Crippen LogP contribution in [-0.2, 0) is 0 Å². The monoisotopic (exact) mass is 310 g/mol. The molecule has 0 aliphatic carbocycles. The largest absolute Gasteiger partial charge is 0.342 e. The number of hydrogen-bond acceptors (Lipinski definition) is 4. The molecule has 0 saturated carbocycles. The highest BCUT2D eigenvalue weighted by molar-refractivity contribution is 6.31. The smallest absolute Gasteiger partial charge is 0.302 e. The number of nitrogens with zero attached hydrogens (tertiary/aromatic N) is 3. The molecule has 0 unspecified atom stereocenters. The van der Waals surface area contributed by atoms with Crippen LogP contribution >= 0.6 is 11.6 Å². The van der Waals surface area contributed by atoms with Crippen molar-refractivity contribution in [3.05, 3.63) is 23.2 Å². The van der Waals surface area contributed by atoms with E-state index in [0.717, 1.165) is 24.8 Å². The van der Waals surface area contributed by atoms with Crippen molar-refractivity contribution in [3.63, 3.8) is 0 Å². The zero-order valence-corrected chi connectivity index (χ0v) is 12.5. The lowest BCUT2D eigenvalue weighted by molar-refractivity contribution is 0.192. The number of hydrazine groups is 1. The number of carbonyl (C=O) groups is 1. The summed E-state index contributed by atoms with van der Waals surface area (Å²) < 4.78 is 0. The molecule has 1 aromatic rings. The summed E-state index contributed by atoms with van der Waals surface area (Å²) in [6, 6.07) is 4.73. The third-order valence-corrected chi connectivity index (χ3v) is 4.23. The van der Waals surface area contributed by atoms with Crippen molar-refractivity contribution in [3.8, 4) is 0 Å². The highest BCUT2D eigenvalue weighted by Gasteiger charge is 2.28. The van der Waals surface area contributed by atoms with E-state index in [1.807, 2.05) is 0 Å². The first-order valence-electron chi connectivity index (χ1n) is 7.24. The van der Waals surface area contributed by atoms with E-state index < -0.39 is 0 Å². The van der Waals surface area contributed by atoms with Crippen LogP contribution in [0.3, 0.4) is 0 Å². The number of anilines is 2. The SMILES string of the molecule is O=C1NN(O)c2ccc(Cl)cc2N1CCN1CCCCC1. The lowest BCUT2D eigenvalue weighted by atomic mass is 10.1. The Hall–Kier alpha value is -1.50. The van der Waals surface area contributed by atoms with E-state index in [9.17, 15) is 10.0 Å². The molecule has 2 aliphatic rings. The summed E-state index contributed by atoms with van der Waals surface area (Å²) in [6.07, 6.45) is 3.73. The molecule has 21 heavy (non-hydrogen) atoms. The van der Waals surface area contributed by atoms with Gasteiger partial charge in [-0.3, -0.25) is 10.1 Å². The van der Waals surface area contributed by atoms with Crippen LogP contribution in [0.15, 0.2) is 18.2 Å². The Kier molecular flexibility index (Phi) is 4.19. The first-order chi connectivity index (χ1) is 10.1. The van der Waals surface area contributed by atoms with E-state index >= 15 is 0 Å². The van der Waals surface area contributed by atoms with Gasteiger partial charge in [0.25, 0.3) is 0 Å². The minimum atomic E-state index is -0.343. The maximum atomic E-state index is 12.1. The first-order valence-corrected chi connectivity index (χ1v) is 7.62. The second kappa shape index (κ2) is 6.09. The van der Waals surface area contributed by atoms with Gasteiger partial charge in [0.1, 0.15) is 5.69 Å². The van der Waals surface area contributed by atoms with Gasteiger partial charge in [-0.25, -0.2) is 10.2 Å². The Morgan fingerprint density at radius 1 is 1.14 bits per heavy atom. The maximum absolute atomic E-state index is 12.1. The zero-order chi connectivity index (χ0) is 14.8. The average molecular weight is 311 g/mol. The molecule has 1 aromatic carbocycles. The van der Waals surface area contributed by atoms with Gasteiger partial charge in [-0.05, 0) is 44.1 Å². The number of rotatable bonds is 3. The number of fused-ring (bicyclic) bond motifs is 1. The van der Waals surface area contributed by atoms with Gasteiger partial charge in [0, 0.05) is 18.1 Å². The van der Waals surface area contributed by atoms with Gasteiger partial charge in [0.05, 0.1) is 5.69 Å². The molecule has 1 fully saturated rings. The molecule has 2 amide bonds. The third kappa shape index (κ3) is 3.07. The highest BCUT2D eigenvalue weighted by atomic mass is 35.5. The summed E-state index contributed by atoms with van der Waals surface area (Å²) in [6.45, 7) is 3.58. The molecule has 3 rings (SSSR count). The number of nitrogens with one attached hydrogen (secondary N) is 1. The van der Waals surface area contributed by atoms with Gasteiger partial charge in [0.15, 0.2) is 0 Å². The van der Waals surface area contributed by atoms with Gasteiger partial charge in [-0.15, -0.1) is 0 Å². The van der Waals surface area contributed by atoms with Crippen molar-refractivity contribution in [1.29, 1.82) is 0 Å². The standard InChI is InChI=1S/C14H19ClN4O2/c15-11-4-5-12-13(10-11)18(14(20)16-19(12)21)9-8-17-6-2-1-3-7-17/h4-5,10,21H,1-3,6-9H2,(H,16,20). The van der Waals surface area contributed by atoms with Gasteiger partial charge >= 0.3 is 6.03 Å². The maximum Gasteiger partial charge on any atom is 0.342 e. The normalized spacial score (nSPS) is 19.4. The zero-order valence-electron chi connectivity index (χ0n) is 11.8. The Balaban J connectivity index is 1.76. The van der Waals surface area contributed by atoms with E-state index in [-0.39, 0.29) is 6.03 Å². The molecule has 1 saturated heterocycles. The molecule has 0 aromatic heterocycles. The van der Waals surface area contributed by atoms with Crippen molar-refractivity contribution in [2.75, 3.05) is 36.3 Å². The fraction of sp³-hybridized carbons (Fsp3) is 0.500. The van der Waals surface area contributed by atoms with Crippen LogP contribution in [0.5, 0.6) is 0 Å². The van der Waals surface area contributed by atoms with Crippen LogP contribution in [0.2, 0.25) is 5.02 Å². The van der Waals surface area contributed by atoms with Crippen molar-refractivity contribution < 1.29 is 10.0 Å². The van der Waals surface area contributed by atoms with Crippen LogP contribution in [0.4, 0.5) is 16.2 Å². The van der Waals surface area contributed by atoms with Gasteiger partial charge in [-0.1, -0.05) is 18.0 Å². The second-order valence-corrected chi connectivity index (χ2v) is 5.85. The molecule has 2 aliphatic heterocycles. The predicted octanol–water partition coefficient (Wildman–Crippen LogP) is 2.47. The molecule has 6 nitrogen and oxygen atoms in total. The summed E-state index contributed by atoms with van der Waals surface area (Å²) in [5.74, 6) is 0. The fourth-order valence-corrected chi connectivity index (χ4v) is 3.03. The summed E-state index contributed by atoms with van der Waals surface area (Å²) in [5.41, 5.74) is 3.56. The van der Waals surface area contributed by atoms with Gasteiger partial charge < -0.3 is 4.90 Å². The minimum Gasteiger partial charge on any atom is -0.302 e. The molecule has 2 N–H and O–H groups in total. The lowest BCUT2D eigenvalue weighted by Crippen LogP contribution is -2.54. The fourth-order valence-electron chi connectivity index (χ4n) is 2.86. The van der Waals surface area contributed by atoms with E-state index in [0.29, 0.717) is 22.9 Å². The number of benzene rings is 1. The summed E-state index contributed by atoms with van der Waals surface area (Å²) in [7, 11) is 0. The first kappa shape index (κ1) is 14.4. The van der Waals surface area contributed by atoms with Crippen LogP contribution in [0.25, 0.3) is 0 Å². The molecule has 2 heterocycles. The Morgan fingerprint density at radius 2 is 1.90 bits per heavy atom. The van der Waals surface area contributed by atoms with Gasteiger partial charge in [-0.2, -0.15) is 5.17 Å².